The Hall–Kier alpha value is -2.04. The molecule has 0 spiro atoms. The zero-order valence-electron chi connectivity index (χ0n) is 11.4. The number of amides is 1. The molecule has 0 fully saturated rings. The number of carboxylic acid groups (broad SMARTS) is 1. The summed E-state index contributed by atoms with van der Waals surface area (Å²) in [5.74, 6) is -1.83. The van der Waals surface area contributed by atoms with E-state index in [0.717, 1.165) is 11.0 Å². The zero-order chi connectivity index (χ0) is 17.4. The van der Waals surface area contributed by atoms with Gasteiger partial charge in [-0.1, -0.05) is 0 Å². The van der Waals surface area contributed by atoms with Crippen LogP contribution in [0.15, 0.2) is 12.1 Å². The van der Waals surface area contributed by atoms with E-state index in [9.17, 15) is 30.8 Å². The largest absolute Gasteiger partial charge is 0.534 e. The highest BCUT2D eigenvalue weighted by atomic mass is 32.2. The summed E-state index contributed by atoms with van der Waals surface area (Å²) in [4.78, 5) is 11.9. The van der Waals surface area contributed by atoms with Crippen molar-refractivity contribution in [3.05, 3.63) is 29.1 Å². The number of halogens is 4. The van der Waals surface area contributed by atoms with Crippen LogP contribution in [0.1, 0.15) is 17.5 Å². The summed E-state index contributed by atoms with van der Waals surface area (Å²) in [5, 5.41) is 8.95. The lowest BCUT2D eigenvalue weighted by atomic mass is 10.0. The number of alkyl halides is 3. The summed E-state index contributed by atoms with van der Waals surface area (Å²) in [7, 11) is -5.90. The number of carbonyl (C=O) groups is 1. The van der Waals surface area contributed by atoms with Crippen LogP contribution in [0.4, 0.5) is 22.4 Å². The van der Waals surface area contributed by atoms with E-state index in [4.69, 9.17) is 5.11 Å². The SMILES string of the molecule is O=C(O)N1CCCc2cc(OS(=O)(=O)C(F)(F)F)cc(F)c2C1. The first-order chi connectivity index (χ1) is 10.5. The van der Waals surface area contributed by atoms with Gasteiger partial charge in [-0.3, -0.25) is 0 Å². The Morgan fingerprint density at radius 1 is 1.30 bits per heavy atom. The summed E-state index contributed by atoms with van der Waals surface area (Å²) >= 11 is 0. The van der Waals surface area contributed by atoms with Gasteiger partial charge in [0.1, 0.15) is 11.6 Å². The van der Waals surface area contributed by atoms with E-state index in [1.165, 1.54) is 0 Å². The molecule has 0 unspecified atom stereocenters. The molecule has 1 amide bonds. The summed E-state index contributed by atoms with van der Waals surface area (Å²) in [6, 6.07) is 1.47. The van der Waals surface area contributed by atoms with Crippen LogP contribution in [-0.4, -0.2) is 36.6 Å². The number of hydrogen-bond acceptors (Lipinski definition) is 4. The van der Waals surface area contributed by atoms with Crippen LogP contribution in [0.3, 0.4) is 0 Å². The molecular weight excluding hydrogens is 346 g/mol. The van der Waals surface area contributed by atoms with Crippen LogP contribution in [0, 0.1) is 5.82 Å². The predicted molar refractivity (Wildman–Crippen MR) is 68.8 cm³/mol. The van der Waals surface area contributed by atoms with Gasteiger partial charge in [-0.15, -0.1) is 0 Å². The van der Waals surface area contributed by atoms with Crippen LogP contribution in [-0.2, 0) is 23.1 Å². The van der Waals surface area contributed by atoms with Crippen LogP contribution in [0.2, 0.25) is 0 Å². The third kappa shape index (κ3) is 3.66. The summed E-state index contributed by atoms with van der Waals surface area (Å²) < 4.78 is 76.7. The zero-order valence-corrected chi connectivity index (χ0v) is 12.2. The quantitative estimate of drug-likeness (QED) is 0.499. The van der Waals surface area contributed by atoms with E-state index < -0.39 is 33.3 Å². The summed E-state index contributed by atoms with van der Waals surface area (Å²) in [6.07, 6.45) is -0.759. The number of nitrogens with zero attached hydrogens (tertiary/aromatic N) is 1. The number of fused-ring (bicyclic) bond motifs is 1. The lowest BCUT2D eigenvalue weighted by Gasteiger charge is -2.17. The van der Waals surface area contributed by atoms with Gasteiger partial charge in [0.15, 0.2) is 0 Å². The van der Waals surface area contributed by atoms with E-state index >= 15 is 0 Å². The molecule has 0 aliphatic carbocycles. The van der Waals surface area contributed by atoms with Crippen molar-refractivity contribution >= 4 is 16.2 Å². The van der Waals surface area contributed by atoms with E-state index in [2.05, 4.69) is 4.18 Å². The molecule has 23 heavy (non-hydrogen) atoms. The maximum absolute atomic E-state index is 14.0. The van der Waals surface area contributed by atoms with Crippen LogP contribution < -0.4 is 4.18 Å². The van der Waals surface area contributed by atoms with Gasteiger partial charge in [0.05, 0.1) is 6.54 Å². The molecule has 1 aliphatic rings. The van der Waals surface area contributed by atoms with Gasteiger partial charge in [-0.25, -0.2) is 9.18 Å². The number of rotatable bonds is 2. The highest BCUT2D eigenvalue weighted by Crippen LogP contribution is 2.31. The number of hydrogen-bond donors (Lipinski definition) is 1. The smallest absolute Gasteiger partial charge is 0.465 e. The van der Waals surface area contributed by atoms with Crippen molar-refractivity contribution in [2.75, 3.05) is 6.54 Å². The maximum atomic E-state index is 14.0. The Labute approximate surface area is 128 Å². The van der Waals surface area contributed by atoms with Crippen molar-refractivity contribution in [1.82, 2.24) is 4.90 Å². The topological polar surface area (TPSA) is 83.9 Å². The van der Waals surface area contributed by atoms with Crippen molar-refractivity contribution in [3.8, 4) is 5.75 Å². The highest BCUT2D eigenvalue weighted by Gasteiger charge is 2.48. The third-order valence-corrected chi connectivity index (χ3v) is 4.22. The molecule has 1 aromatic carbocycles. The minimum Gasteiger partial charge on any atom is -0.465 e. The maximum Gasteiger partial charge on any atom is 0.534 e. The van der Waals surface area contributed by atoms with Gasteiger partial charge >= 0.3 is 21.7 Å². The lowest BCUT2D eigenvalue weighted by molar-refractivity contribution is -0.0500. The fraction of sp³-hybridized carbons (Fsp3) is 0.417. The Kier molecular flexibility index (Phi) is 4.42. The fourth-order valence-corrected chi connectivity index (χ4v) is 2.63. The van der Waals surface area contributed by atoms with E-state index in [0.29, 0.717) is 12.5 Å². The molecule has 6 nitrogen and oxygen atoms in total. The Balaban J connectivity index is 2.37. The average Bonchev–Trinajstić information content (AvgIpc) is 2.59. The van der Waals surface area contributed by atoms with Crippen molar-refractivity contribution < 1.29 is 40.1 Å². The minimum atomic E-state index is -5.90. The normalized spacial score (nSPS) is 15.7. The molecule has 0 atom stereocenters. The molecule has 1 heterocycles. The third-order valence-electron chi connectivity index (χ3n) is 3.24. The van der Waals surface area contributed by atoms with Gasteiger partial charge in [0.2, 0.25) is 0 Å². The van der Waals surface area contributed by atoms with E-state index in [1.54, 1.807) is 0 Å². The van der Waals surface area contributed by atoms with Crippen LogP contribution in [0.5, 0.6) is 5.75 Å². The van der Waals surface area contributed by atoms with Gasteiger partial charge < -0.3 is 14.2 Å². The van der Waals surface area contributed by atoms with Gasteiger partial charge in [0.25, 0.3) is 0 Å². The Morgan fingerprint density at radius 2 is 1.96 bits per heavy atom. The molecule has 11 heteroatoms. The minimum absolute atomic E-state index is 0.0124. The van der Waals surface area contributed by atoms with Crippen molar-refractivity contribution in [3.63, 3.8) is 0 Å². The first-order valence-corrected chi connectivity index (χ1v) is 7.72. The first-order valence-electron chi connectivity index (χ1n) is 6.31. The van der Waals surface area contributed by atoms with Gasteiger partial charge in [-0.05, 0) is 24.5 Å². The Morgan fingerprint density at radius 3 is 2.52 bits per heavy atom. The standard InChI is InChI=1S/C12H11F4NO5S/c13-10-5-8(22-23(20,21)12(14,15)16)4-7-2-1-3-17(11(18)19)6-9(7)10/h4-5H,1-3,6H2,(H,18,19). The molecule has 2 rings (SSSR count). The van der Waals surface area contributed by atoms with Crippen LogP contribution in [0.25, 0.3) is 0 Å². The Bertz CT molecular complexity index is 732. The second-order valence-corrected chi connectivity index (χ2v) is 6.37. The molecule has 0 bridgehead atoms. The molecule has 1 aromatic rings. The van der Waals surface area contributed by atoms with Crippen molar-refractivity contribution in [1.29, 1.82) is 0 Å². The number of aryl methyl sites for hydroxylation is 1. The van der Waals surface area contributed by atoms with E-state index in [-0.39, 0.29) is 30.6 Å². The number of benzene rings is 1. The monoisotopic (exact) mass is 357 g/mol. The lowest BCUT2D eigenvalue weighted by Crippen LogP contribution is -2.29. The predicted octanol–water partition coefficient (Wildman–Crippen LogP) is 2.48. The van der Waals surface area contributed by atoms with Crippen LogP contribution >= 0.6 is 0 Å². The molecule has 1 aliphatic heterocycles. The molecule has 0 aromatic heterocycles. The fourth-order valence-electron chi connectivity index (χ4n) is 2.18. The van der Waals surface area contributed by atoms with E-state index in [1.807, 2.05) is 0 Å². The van der Waals surface area contributed by atoms with Crippen molar-refractivity contribution in [2.45, 2.75) is 24.9 Å². The summed E-state index contributed by atoms with van der Waals surface area (Å²) in [5.41, 5.74) is -5.43. The highest BCUT2D eigenvalue weighted by molar-refractivity contribution is 7.88. The first kappa shape index (κ1) is 17.3. The molecule has 128 valence electrons. The van der Waals surface area contributed by atoms with Crippen molar-refractivity contribution in [2.24, 2.45) is 0 Å². The molecular formula is C12H11F4NO5S. The molecule has 1 N–H and O–H groups in total. The van der Waals surface area contributed by atoms with Gasteiger partial charge in [0, 0.05) is 18.2 Å². The summed E-state index contributed by atoms with van der Waals surface area (Å²) in [6.45, 7) is -0.150. The van der Waals surface area contributed by atoms with Gasteiger partial charge in [-0.2, -0.15) is 21.6 Å². The molecule has 0 saturated carbocycles. The molecule has 0 saturated heterocycles. The average molecular weight is 357 g/mol. The molecule has 0 radical (unpaired) electrons. The second kappa shape index (κ2) is 5.87. The second-order valence-electron chi connectivity index (χ2n) is 4.83.